The Kier molecular flexibility index (Phi) is 3.33. The Bertz CT molecular complexity index is 547. The molecule has 0 bridgehead atoms. The van der Waals surface area contributed by atoms with Gasteiger partial charge in [0.1, 0.15) is 5.56 Å². The summed E-state index contributed by atoms with van der Waals surface area (Å²) in [6.07, 6.45) is 3.39. The SMILES string of the molecule is Cc1nnc(N2CCOC3CCCC32)c(C(=O)O)c1C. The van der Waals surface area contributed by atoms with Gasteiger partial charge in [0, 0.05) is 6.54 Å². The number of hydrogen-bond donors (Lipinski definition) is 1. The first-order chi connectivity index (χ1) is 9.59. The second kappa shape index (κ2) is 5.01. The normalized spacial score (nSPS) is 25.6. The van der Waals surface area contributed by atoms with Crippen molar-refractivity contribution in [2.24, 2.45) is 0 Å². The second-order valence-corrected chi connectivity index (χ2v) is 5.52. The molecule has 0 aromatic carbocycles. The molecule has 20 heavy (non-hydrogen) atoms. The fraction of sp³-hybridized carbons (Fsp3) is 0.643. The number of morpholine rings is 1. The summed E-state index contributed by atoms with van der Waals surface area (Å²) in [4.78, 5) is 13.7. The van der Waals surface area contributed by atoms with E-state index < -0.39 is 5.97 Å². The Morgan fingerprint density at radius 2 is 2.15 bits per heavy atom. The molecular weight excluding hydrogens is 258 g/mol. The van der Waals surface area contributed by atoms with Gasteiger partial charge in [0.05, 0.1) is 24.4 Å². The van der Waals surface area contributed by atoms with Crippen molar-refractivity contribution >= 4 is 11.8 Å². The molecule has 0 amide bonds. The zero-order valence-corrected chi connectivity index (χ0v) is 11.8. The number of carboxylic acids is 1. The molecule has 1 aliphatic carbocycles. The van der Waals surface area contributed by atoms with Gasteiger partial charge in [-0.2, -0.15) is 5.10 Å². The van der Waals surface area contributed by atoms with Gasteiger partial charge >= 0.3 is 5.97 Å². The Morgan fingerprint density at radius 3 is 2.90 bits per heavy atom. The molecule has 6 heteroatoms. The number of fused-ring (bicyclic) bond motifs is 1. The van der Waals surface area contributed by atoms with Crippen LogP contribution >= 0.6 is 0 Å². The largest absolute Gasteiger partial charge is 0.478 e. The summed E-state index contributed by atoms with van der Waals surface area (Å²) in [6, 6.07) is 0.234. The van der Waals surface area contributed by atoms with E-state index in [-0.39, 0.29) is 17.7 Å². The molecular formula is C14H19N3O3. The molecule has 1 saturated heterocycles. The molecule has 1 aromatic rings. The molecule has 2 aliphatic rings. The summed E-state index contributed by atoms with van der Waals surface area (Å²) >= 11 is 0. The van der Waals surface area contributed by atoms with E-state index in [1.54, 1.807) is 13.8 Å². The van der Waals surface area contributed by atoms with Gasteiger partial charge in [-0.05, 0) is 38.7 Å². The number of carboxylic acid groups (broad SMARTS) is 1. The van der Waals surface area contributed by atoms with E-state index in [1.165, 1.54) is 0 Å². The van der Waals surface area contributed by atoms with Gasteiger partial charge in [-0.3, -0.25) is 0 Å². The maximum Gasteiger partial charge on any atom is 0.339 e. The number of rotatable bonds is 2. The van der Waals surface area contributed by atoms with Crippen LogP contribution in [0.15, 0.2) is 0 Å². The highest BCUT2D eigenvalue weighted by Crippen LogP contribution is 2.34. The smallest absolute Gasteiger partial charge is 0.339 e. The molecule has 6 nitrogen and oxygen atoms in total. The maximum absolute atomic E-state index is 11.6. The first-order valence-corrected chi connectivity index (χ1v) is 7.05. The predicted octanol–water partition coefficient (Wildman–Crippen LogP) is 1.55. The lowest BCUT2D eigenvalue weighted by Gasteiger charge is -2.38. The minimum Gasteiger partial charge on any atom is -0.478 e. The number of ether oxygens (including phenoxy) is 1. The molecule has 0 spiro atoms. The number of anilines is 1. The summed E-state index contributed by atoms with van der Waals surface area (Å²) < 4.78 is 5.77. The van der Waals surface area contributed by atoms with Crippen LogP contribution in [0.2, 0.25) is 0 Å². The standard InChI is InChI=1S/C14H19N3O3/c1-8-9(2)15-16-13(12(8)14(18)19)17-6-7-20-11-5-3-4-10(11)17/h10-11H,3-7H2,1-2H3,(H,18,19). The lowest BCUT2D eigenvalue weighted by atomic mass is 10.1. The zero-order valence-electron chi connectivity index (χ0n) is 11.8. The van der Waals surface area contributed by atoms with E-state index in [9.17, 15) is 9.90 Å². The molecule has 2 atom stereocenters. The molecule has 108 valence electrons. The van der Waals surface area contributed by atoms with Crippen LogP contribution in [0.3, 0.4) is 0 Å². The van der Waals surface area contributed by atoms with Crippen molar-refractivity contribution in [2.75, 3.05) is 18.1 Å². The van der Waals surface area contributed by atoms with Crippen LogP contribution in [0.4, 0.5) is 5.82 Å². The van der Waals surface area contributed by atoms with Crippen molar-refractivity contribution in [3.8, 4) is 0 Å². The van der Waals surface area contributed by atoms with Crippen molar-refractivity contribution < 1.29 is 14.6 Å². The fourth-order valence-electron chi connectivity index (χ4n) is 3.24. The number of aromatic nitrogens is 2. The summed E-state index contributed by atoms with van der Waals surface area (Å²) in [7, 11) is 0. The maximum atomic E-state index is 11.6. The van der Waals surface area contributed by atoms with Crippen LogP contribution in [-0.4, -0.2) is 46.6 Å². The van der Waals surface area contributed by atoms with Crippen molar-refractivity contribution in [3.63, 3.8) is 0 Å². The van der Waals surface area contributed by atoms with Gasteiger partial charge in [-0.25, -0.2) is 4.79 Å². The Hall–Kier alpha value is -1.69. The van der Waals surface area contributed by atoms with Crippen LogP contribution in [0.25, 0.3) is 0 Å². The third-order valence-electron chi connectivity index (χ3n) is 4.40. The highest BCUT2D eigenvalue weighted by Gasteiger charge is 2.38. The lowest BCUT2D eigenvalue weighted by molar-refractivity contribution is 0.0250. The molecule has 1 aromatic heterocycles. The first kappa shape index (κ1) is 13.3. The van der Waals surface area contributed by atoms with Gasteiger partial charge < -0.3 is 14.7 Å². The number of nitrogens with zero attached hydrogens (tertiary/aromatic N) is 3. The van der Waals surface area contributed by atoms with Crippen molar-refractivity contribution in [2.45, 2.75) is 45.3 Å². The van der Waals surface area contributed by atoms with E-state index in [0.717, 1.165) is 19.3 Å². The Labute approximate surface area is 117 Å². The molecule has 1 N–H and O–H groups in total. The predicted molar refractivity (Wildman–Crippen MR) is 73.2 cm³/mol. The fourth-order valence-corrected chi connectivity index (χ4v) is 3.24. The monoisotopic (exact) mass is 277 g/mol. The molecule has 0 radical (unpaired) electrons. The summed E-state index contributed by atoms with van der Waals surface area (Å²) in [5, 5.41) is 17.8. The van der Waals surface area contributed by atoms with Gasteiger partial charge in [-0.1, -0.05) is 0 Å². The first-order valence-electron chi connectivity index (χ1n) is 7.05. The molecule has 2 heterocycles. The highest BCUT2D eigenvalue weighted by molar-refractivity contribution is 5.95. The number of aryl methyl sites for hydroxylation is 1. The van der Waals surface area contributed by atoms with Crippen LogP contribution in [0.1, 0.15) is 40.9 Å². The van der Waals surface area contributed by atoms with E-state index in [4.69, 9.17) is 4.74 Å². The van der Waals surface area contributed by atoms with Crippen molar-refractivity contribution in [1.29, 1.82) is 0 Å². The van der Waals surface area contributed by atoms with Crippen LogP contribution in [0, 0.1) is 13.8 Å². The molecule has 1 saturated carbocycles. The third kappa shape index (κ3) is 2.04. The van der Waals surface area contributed by atoms with Crippen molar-refractivity contribution in [3.05, 3.63) is 16.8 Å². The van der Waals surface area contributed by atoms with Gasteiger partial charge in [0.2, 0.25) is 0 Å². The Balaban J connectivity index is 2.05. The molecule has 2 fully saturated rings. The van der Waals surface area contributed by atoms with Crippen LogP contribution in [-0.2, 0) is 4.74 Å². The second-order valence-electron chi connectivity index (χ2n) is 5.52. The molecule has 2 unspecified atom stereocenters. The molecule has 1 aliphatic heterocycles. The number of hydrogen-bond acceptors (Lipinski definition) is 5. The minimum atomic E-state index is -0.934. The zero-order chi connectivity index (χ0) is 14.3. The minimum absolute atomic E-state index is 0.203. The summed E-state index contributed by atoms with van der Waals surface area (Å²) in [6.45, 7) is 4.88. The highest BCUT2D eigenvalue weighted by atomic mass is 16.5. The van der Waals surface area contributed by atoms with E-state index in [0.29, 0.717) is 30.2 Å². The summed E-state index contributed by atoms with van der Waals surface area (Å²) in [5.41, 5.74) is 1.65. The van der Waals surface area contributed by atoms with E-state index in [1.807, 2.05) is 0 Å². The number of carbonyl (C=O) groups is 1. The lowest BCUT2D eigenvalue weighted by Crippen LogP contribution is -2.49. The van der Waals surface area contributed by atoms with Crippen molar-refractivity contribution in [1.82, 2.24) is 10.2 Å². The molecule has 3 rings (SSSR count). The summed E-state index contributed by atoms with van der Waals surface area (Å²) in [5.74, 6) is -0.433. The Morgan fingerprint density at radius 1 is 1.35 bits per heavy atom. The topological polar surface area (TPSA) is 75.5 Å². The van der Waals surface area contributed by atoms with E-state index in [2.05, 4.69) is 15.1 Å². The van der Waals surface area contributed by atoms with Crippen LogP contribution < -0.4 is 4.90 Å². The van der Waals surface area contributed by atoms with Gasteiger partial charge in [0.25, 0.3) is 0 Å². The van der Waals surface area contributed by atoms with E-state index >= 15 is 0 Å². The van der Waals surface area contributed by atoms with Gasteiger partial charge in [0.15, 0.2) is 5.82 Å². The average molecular weight is 277 g/mol. The average Bonchev–Trinajstić information content (AvgIpc) is 2.89. The third-order valence-corrected chi connectivity index (χ3v) is 4.40. The quantitative estimate of drug-likeness (QED) is 0.884. The number of aromatic carboxylic acids is 1. The van der Waals surface area contributed by atoms with Gasteiger partial charge in [-0.15, -0.1) is 5.10 Å². The van der Waals surface area contributed by atoms with Crippen LogP contribution in [0.5, 0.6) is 0 Å².